The van der Waals surface area contributed by atoms with E-state index >= 15 is 17.6 Å². The summed E-state index contributed by atoms with van der Waals surface area (Å²) in [5, 5.41) is 43.1. The molecule has 8 aromatic rings. The predicted molar refractivity (Wildman–Crippen MR) is 237 cm³/mol. The van der Waals surface area contributed by atoms with Gasteiger partial charge in [-0.2, -0.15) is 17.6 Å². The molecule has 0 fully saturated rings. The van der Waals surface area contributed by atoms with E-state index < -0.39 is 76.1 Å². The van der Waals surface area contributed by atoms with Crippen molar-refractivity contribution in [2.75, 3.05) is 13.2 Å². The molecule has 69 heavy (non-hydrogen) atoms. The topological polar surface area (TPSA) is 172 Å². The number of nitrogens with zero attached hydrogens (tertiary/aromatic N) is 10. The zero-order valence-electron chi connectivity index (χ0n) is 36.4. The van der Waals surface area contributed by atoms with Crippen LogP contribution in [0.15, 0.2) is 134 Å². The van der Waals surface area contributed by atoms with Crippen LogP contribution in [0.2, 0.25) is 0 Å². The fourth-order valence-corrected chi connectivity index (χ4v) is 7.21. The van der Waals surface area contributed by atoms with Crippen molar-refractivity contribution < 1.29 is 50.4 Å². The maximum atomic E-state index is 15.9. The number of hydrogen-bond acceptors (Lipinski definition) is 12. The largest absolute Gasteiger partial charge is 0.494 e. The Morgan fingerprint density at radius 3 is 1.29 bits per heavy atom. The van der Waals surface area contributed by atoms with E-state index in [-0.39, 0.29) is 7.43 Å². The third-order valence-corrected chi connectivity index (χ3v) is 10.7. The van der Waals surface area contributed by atoms with Crippen molar-refractivity contribution in [1.29, 1.82) is 0 Å². The third kappa shape index (κ3) is 10.7. The maximum Gasteiger partial charge on any atom is 0.323 e. The van der Waals surface area contributed by atoms with Gasteiger partial charge in [0.1, 0.15) is 53.0 Å². The minimum atomic E-state index is -4.12. The molecule has 2 atom stereocenters. The molecule has 0 aliphatic heterocycles. The number of alkyl halides is 4. The zero-order valence-corrected chi connectivity index (χ0v) is 36.4. The average Bonchev–Trinajstić information content (AvgIpc) is 4.05. The zero-order chi connectivity index (χ0) is 48.7. The number of aromatic nitrogens is 10. The van der Waals surface area contributed by atoms with Crippen LogP contribution in [-0.2, 0) is 36.1 Å². The molecule has 4 heterocycles. The number of ether oxygens (including phenoxy) is 2. The molecule has 0 aliphatic rings. The summed E-state index contributed by atoms with van der Waals surface area (Å²) in [6.45, 7) is 4.67. The average molecular weight is 959 g/mol. The van der Waals surface area contributed by atoms with Crippen molar-refractivity contribution in [2.24, 2.45) is 0 Å². The lowest BCUT2D eigenvalue weighted by atomic mass is 9.84. The summed E-state index contributed by atoms with van der Waals surface area (Å²) in [6.07, 6.45) is 4.56. The lowest BCUT2D eigenvalue weighted by molar-refractivity contribution is -0.207. The molecule has 0 spiro atoms. The fourth-order valence-electron chi connectivity index (χ4n) is 7.21. The van der Waals surface area contributed by atoms with Crippen LogP contribution in [0.25, 0.3) is 22.3 Å². The number of pyridine rings is 2. The van der Waals surface area contributed by atoms with E-state index in [2.05, 4.69) is 41.0 Å². The van der Waals surface area contributed by atoms with Gasteiger partial charge in [0, 0.05) is 40.7 Å². The predicted octanol–water partition coefficient (Wildman–Crippen LogP) is 8.99. The summed E-state index contributed by atoms with van der Waals surface area (Å²) in [5.41, 5.74) is -6.05. The Labute approximate surface area is 391 Å². The Hall–Kier alpha value is -7.65. The van der Waals surface area contributed by atoms with Crippen molar-refractivity contribution in [2.45, 2.75) is 64.3 Å². The SMILES string of the molecule is C.CCOc1ccc(-c2ccc(C(F)(F)[C@@](O)(Cn3cnnn3)c3ccc(C)cc3F)nc2)cc1.CCOc1ccc(-c2ccc(C(F)(F)[C@](O)(Cn3cnnn3)c3ccc(F)cc3F)nc2)cc1. The first-order valence-electron chi connectivity index (χ1n) is 20.7. The smallest absolute Gasteiger partial charge is 0.323 e. The van der Waals surface area contributed by atoms with E-state index in [1.165, 1.54) is 30.6 Å². The van der Waals surface area contributed by atoms with Crippen molar-refractivity contribution in [3.63, 3.8) is 0 Å². The lowest BCUT2D eigenvalue weighted by Crippen LogP contribution is -2.48. The molecule has 0 bridgehead atoms. The van der Waals surface area contributed by atoms with Crippen molar-refractivity contribution in [3.05, 3.63) is 180 Å². The molecular formula is C48H45F7N10O4. The molecule has 0 aliphatic carbocycles. The second-order valence-corrected chi connectivity index (χ2v) is 15.3. The van der Waals surface area contributed by atoms with Gasteiger partial charge in [-0.1, -0.05) is 56.0 Å². The molecular weight excluding hydrogens is 914 g/mol. The van der Waals surface area contributed by atoms with E-state index in [0.29, 0.717) is 53.0 Å². The first kappa shape index (κ1) is 50.8. The Morgan fingerprint density at radius 1 is 0.536 bits per heavy atom. The van der Waals surface area contributed by atoms with Gasteiger partial charge in [0.25, 0.3) is 0 Å². The van der Waals surface area contributed by atoms with Crippen molar-refractivity contribution in [3.8, 4) is 33.8 Å². The summed E-state index contributed by atoms with van der Waals surface area (Å²) in [6, 6.07) is 24.7. The first-order valence-corrected chi connectivity index (χ1v) is 20.7. The summed E-state index contributed by atoms with van der Waals surface area (Å²) in [4.78, 5) is 7.78. The molecule has 4 aromatic carbocycles. The molecule has 8 rings (SSSR count). The Morgan fingerprint density at radius 2 is 0.942 bits per heavy atom. The maximum absolute atomic E-state index is 15.9. The summed E-state index contributed by atoms with van der Waals surface area (Å²) in [7, 11) is 0. The van der Waals surface area contributed by atoms with Gasteiger partial charge in [0.05, 0.1) is 26.3 Å². The Bertz CT molecular complexity index is 2700. The number of rotatable bonds is 16. The van der Waals surface area contributed by atoms with Crippen LogP contribution in [0, 0.1) is 24.4 Å². The molecule has 0 amide bonds. The van der Waals surface area contributed by atoms with Crippen LogP contribution in [0.4, 0.5) is 30.7 Å². The van der Waals surface area contributed by atoms with Gasteiger partial charge < -0.3 is 19.7 Å². The van der Waals surface area contributed by atoms with Gasteiger partial charge in [-0.05, 0) is 113 Å². The van der Waals surface area contributed by atoms with Crippen LogP contribution < -0.4 is 9.47 Å². The van der Waals surface area contributed by atoms with Gasteiger partial charge in [-0.15, -0.1) is 10.2 Å². The molecule has 360 valence electrons. The third-order valence-electron chi connectivity index (χ3n) is 10.7. The Kier molecular flexibility index (Phi) is 15.5. The summed E-state index contributed by atoms with van der Waals surface area (Å²) >= 11 is 0. The number of halogens is 7. The van der Waals surface area contributed by atoms with Crippen LogP contribution in [0.3, 0.4) is 0 Å². The quantitative estimate of drug-likeness (QED) is 0.0883. The highest BCUT2D eigenvalue weighted by molar-refractivity contribution is 5.64. The minimum Gasteiger partial charge on any atom is -0.494 e. The normalized spacial score (nSPS) is 13.3. The second-order valence-electron chi connectivity index (χ2n) is 15.3. The van der Waals surface area contributed by atoms with Crippen LogP contribution in [0.5, 0.6) is 11.5 Å². The highest BCUT2D eigenvalue weighted by Crippen LogP contribution is 2.48. The van der Waals surface area contributed by atoms with Crippen LogP contribution in [-0.4, -0.2) is 73.8 Å². The van der Waals surface area contributed by atoms with E-state index in [1.807, 2.05) is 13.8 Å². The highest BCUT2D eigenvalue weighted by Gasteiger charge is 2.59. The van der Waals surface area contributed by atoms with E-state index in [1.54, 1.807) is 55.5 Å². The van der Waals surface area contributed by atoms with Crippen LogP contribution >= 0.6 is 0 Å². The highest BCUT2D eigenvalue weighted by atomic mass is 19.3. The first-order chi connectivity index (χ1) is 32.5. The molecule has 21 heteroatoms. The van der Waals surface area contributed by atoms with E-state index in [0.717, 1.165) is 64.0 Å². The van der Waals surface area contributed by atoms with Gasteiger partial charge in [0.15, 0.2) is 11.2 Å². The molecule has 14 nitrogen and oxygen atoms in total. The molecule has 0 unspecified atom stereocenters. The molecule has 0 radical (unpaired) electrons. The van der Waals surface area contributed by atoms with Crippen molar-refractivity contribution >= 4 is 0 Å². The number of hydrogen-bond donors (Lipinski definition) is 2. The lowest BCUT2D eigenvalue weighted by Gasteiger charge is -2.35. The molecule has 0 saturated heterocycles. The van der Waals surface area contributed by atoms with Gasteiger partial charge in [-0.3, -0.25) is 9.97 Å². The summed E-state index contributed by atoms with van der Waals surface area (Å²) in [5.74, 6) is -10.1. The van der Waals surface area contributed by atoms with Gasteiger partial charge >= 0.3 is 11.8 Å². The van der Waals surface area contributed by atoms with E-state index in [4.69, 9.17) is 9.47 Å². The van der Waals surface area contributed by atoms with Gasteiger partial charge in [-0.25, -0.2) is 22.5 Å². The second kappa shape index (κ2) is 21.1. The van der Waals surface area contributed by atoms with Crippen molar-refractivity contribution in [1.82, 2.24) is 50.4 Å². The fraction of sp³-hybridized carbons (Fsp3) is 0.250. The monoisotopic (exact) mass is 958 g/mol. The van der Waals surface area contributed by atoms with Crippen LogP contribution in [0.1, 0.15) is 49.4 Å². The Balaban J connectivity index is 0.000000224. The van der Waals surface area contributed by atoms with Gasteiger partial charge in [0.2, 0.25) is 0 Å². The standard InChI is InChI=1S/C24H22F3N5O2.C23H19F4N5O2.CH4/c1-3-34-19-8-5-17(6-9-19)18-7-11-22(28-13-18)24(26,27)23(33,14-32-15-29-30-31-32)20-10-4-16(2)12-21(20)25;1-2-34-18-7-3-15(4-8-18)16-5-10-21(28-12-16)23(26,27)22(33,13-32-14-29-30-31-32)19-9-6-17(24)11-20(19)25;/h4-13,15,33H,3,14H2,1-2H3;3-12,14,33H,2,13H2,1H3;1H4/t23-;22-;/m10./s1. The minimum absolute atomic E-state index is 0. The molecule has 0 saturated carbocycles. The van der Waals surface area contributed by atoms with E-state index in [9.17, 15) is 23.4 Å². The number of aryl methyl sites for hydroxylation is 1. The molecule has 2 N–H and O–H groups in total. The number of benzene rings is 4. The number of aliphatic hydroxyl groups is 2. The summed E-state index contributed by atoms with van der Waals surface area (Å²) < 4.78 is 119. The number of tetrazole rings is 2. The molecule has 4 aromatic heterocycles.